The number of rotatable bonds is 10. The summed E-state index contributed by atoms with van der Waals surface area (Å²) in [7, 11) is -4.20. The molecule has 0 spiro atoms. The van der Waals surface area contributed by atoms with E-state index >= 15 is 0 Å². The lowest BCUT2D eigenvalue weighted by Crippen LogP contribution is -2.41. The van der Waals surface area contributed by atoms with Crippen LogP contribution < -0.4 is 10.0 Å². The fourth-order valence-electron chi connectivity index (χ4n) is 2.64. The van der Waals surface area contributed by atoms with Crippen molar-refractivity contribution >= 4 is 45.3 Å². The number of carbonyl (C=O) groups excluding carboxylic acids is 2. The molecule has 0 unspecified atom stereocenters. The Morgan fingerprint density at radius 3 is 2.18 bits per heavy atom. The molecule has 2 rings (SSSR count). The highest BCUT2D eigenvalue weighted by Crippen LogP contribution is 2.30. The largest absolute Gasteiger partial charge is 0.505 e. The number of aromatic hydroxyl groups is 1. The summed E-state index contributed by atoms with van der Waals surface area (Å²) in [6, 6.07) is 6.07. The predicted molar refractivity (Wildman–Crippen MR) is 115 cm³/mol. The number of amides is 1. The van der Waals surface area contributed by atoms with Gasteiger partial charge in [-0.15, -0.1) is 0 Å². The van der Waals surface area contributed by atoms with E-state index in [2.05, 4.69) is 10.0 Å². The van der Waals surface area contributed by atoms with Crippen molar-refractivity contribution in [1.82, 2.24) is 10.0 Å². The number of hydrogen-bond acceptors (Lipinski definition) is 7. The zero-order valence-electron chi connectivity index (χ0n) is 17.0. The van der Waals surface area contributed by atoms with Gasteiger partial charge in [-0.1, -0.05) is 23.7 Å². The lowest BCUT2D eigenvalue weighted by molar-refractivity contribution is -0.139. The molecule has 0 fully saturated rings. The van der Waals surface area contributed by atoms with E-state index in [-0.39, 0.29) is 12.1 Å². The number of aromatic carboxylic acids is 1. The Morgan fingerprint density at radius 2 is 1.67 bits per heavy atom. The Morgan fingerprint density at radius 1 is 1.06 bits per heavy atom. The van der Waals surface area contributed by atoms with Gasteiger partial charge in [0.25, 0.3) is 5.91 Å². The molecule has 0 radical (unpaired) electrons. The molecule has 1 amide bonds. The molecule has 0 aliphatic carbocycles. The molecule has 2 aromatic rings. The number of carboxylic acids is 2. The number of halogens is 1. The number of nitrogens with one attached hydrogen (secondary N) is 2. The van der Waals surface area contributed by atoms with Gasteiger partial charge >= 0.3 is 11.9 Å². The summed E-state index contributed by atoms with van der Waals surface area (Å²) in [5.41, 5.74) is -0.119. The van der Waals surface area contributed by atoms with Crippen molar-refractivity contribution in [2.75, 3.05) is 0 Å². The van der Waals surface area contributed by atoms with Crippen LogP contribution in [-0.4, -0.2) is 53.4 Å². The van der Waals surface area contributed by atoms with Crippen LogP contribution in [0.3, 0.4) is 0 Å². The normalized spacial score (nSPS) is 12.1. The van der Waals surface area contributed by atoms with Crippen LogP contribution >= 0.6 is 11.6 Å². The van der Waals surface area contributed by atoms with Crippen molar-refractivity contribution < 1.29 is 42.9 Å². The zero-order valence-corrected chi connectivity index (χ0v) is 18.6. The number of phenols is 1. The lowest BCUT2D eigenvalue weighted by Gasteiger charge is -2.14. The minimum absolute atomic E-state index is 0.120. The third kappa shape index (κ3) is 6.75. The van der Waals surface area contributed by atoms with Crippen LogP contribution in [0.15, 0.2) is 41.3 Å². The van der Waals surface area contributed by atoms with Crippen molar-refractivity contribution in [3.63, 3.8) is 0 Å². The maximum absolute atomic E-state index is 12.5. The topological polar surface area (TPSA) is 187 Å². The number of Topliss-reactive ketones (excluding diaryl/α,β-unsaturated/α-hetero) is 1. The van der Waals surface area contributed by atoms with Crippen LogP contribution in [0.5, 0.6) is 5.75 Å². The highest BCUT2D eigenvalue weighted by molar-refractivity contribution is 7.89. The fourth-order valence-corrected chi connectivity index (χ4v) is 3.99. The van der Waals surface area contributed by atoms with Crippen molar-refractivity contribution in [2.45, 2.75) is 30.8 Å². The van der Waals surface area contributed by atoms with Crippen LogP contribution in [0.2, 0.25) is 5.02 Å². The van der Waals surface area contributed by atoms with Gasteiger partial charge in [-0.2, -0.15) is 0 Å². The van der Waals surface area contributed by atoms with Crippen LogP contribution in [0, 0.1) is 0 Å². The highest BCUT2D eigenvalue weighted by atomic mass is 35.5. The second-order valence-corrected chi connectivity index (χ2v) is 9.04. The van der Waals surface area contributed by atoms with Crippen LogP contribution in [0.1, 0.15) is 39.6 Å². The van der Waals surface area contributed by atoms with E-state index in [4.69, 9.17) is 21.8 Å². The van der Waals surface area contributed by atoms with E-state index < -0.39 is 67.3 Å². The van der Waals surface area contributed by atoms with Crippen molar-refractivity contribution in [2.24, 2.45) is 0 Å². The van der Waals surface area contributed by atoms with E-state index in [0.717, 1.165) is 19.1 Å². The maximum atomic E-state index is 12.5. The standard InChI is InChI=1S/C20H19ClN2O9S/c1-10(24)16(8-17(25)26)23-19(28)12-4-2-11(3-5-12)9-22-33(31,32)13-6-14(20(29)30)18(27)15(21)7-13/h2-7,16,22,27H,8-9H2,1H3,(H,23,28)(H,25,26)(H,29,30)/t16-/m0/s1. The van der Waals surface area contributed by atoms with Crippen molar-refractivity contribution in [1.29, 1.82) is 0 Å². The molecule has 33 heavy (non-hydrogen) atoms. The van der Waals surface area contributed by atoms with E-state index in [1.165, 1.54) is 24.3 Å². The molecule has 0 aliphatic rings. The molecular formula is C20H19ClN2O9S. The second kappa shape index (κ2) is 10.4. The second-order valence-electron chi connectivity index (χ2n) is 6.86. The van der Waals surface area contributed by atoms with E-state index in [1.807, 2.05) is 0 Å². The minimum Gasteiger partial charge on any atom is -0.505 e. The van der Waals surface area contributed by atoms with Crippen molar-refractivity contribution in [3.8, 4) is 5.75 Å². The van der Waals surface area contributed by atoms with Crippen molar-refractivity contribution in [3.05, 3.63) is 58.1 Å². The molecule has 0 aromatic heterocycles. The number of carbonyl (C=O) groups is 4. The molecule has 5 N–H and O–H groups in total. The molecular weight excluding hydrogens is 480 g/mol. The van der Waals surface area contributed by atoms with Gasteiger partial charge in [0.1, 0.15) is 11.3 Å². The number of aliphatic carboxylic acids is 1. The number of hydrogen-bond donors (Lipinski definition) is 5. The third-order valence-electron chi connectivity index (χ3n) is 4.43. The van der Waals surface area contributed by atoms with E-state index in [1.54, 1.807) is 0 Å². The first-order valence-electron chi connectivity index (χ1n) is 9.19. The SMILES string of the molecule is CC(=O)[C@H](CC(=O)O)NC(=O)c1ccc(CNS(=O)(=O)c2cc(Cl)c(O)c(C(=O)O)c2)cc1. The molecule has 0 saturated heterocycles. The smallest absolute Gasteiger partial charge is 0.339 e. The van der Waals surface area contributed by atoms with E-state index in [9.17, 15) is 32.7 Å². The molecule has 13 heteroatoms. The van der Waals surface area contributed by atoms with Gasteiger partial charge in [0.05, 0.1) is 22.4 Å². The summed E-state index contributed by atoms with van der Waals surface area (Å²) < 4.78 is 27.3. The molecule has 0 bridgehead atoms. The van der Waals surface area contributed by atoms with Gasteiger partial charge in [0, 0.05) is 12.1 Å². The van der Waals surface area contributed by atoms with Crippen LogP contribution in [0.4, 0.5) is 0 Å². The minimum atomic E-state index is -4.20. The summed E-state index contributed by atoms with van der Waals surface area (Å²) in [4.78, 5) is 45.3. The fraction of sp³-hybridized carbons (Fsp3) is 0.200. The van der Waals surface area contributed by atoms with Gasteiger partial charge < -0.3 is 20.6 Å². The average molecular weight is 499 g/mol. The first kappa shape index (κ1) is 25.8. The molecule has 0 heterocycles. The molecule has 0 saturated carbocycles. The number of sulfonamides is 1. The maximum Gasteiger partial charge on any atom is 0.339 e. The monoisotopic (exact) mass is 498 g/mol. The average Bonchev–Trinajstić information content (AvgIpc) is 2.73. The molecule has 2 aromatic carbocycles. The molecule has 1 atom stereocenters. The molecule has 0 aliphatic heterocycles. The molecule has 176 valence electrons. The van der Waals surface area contributed by atoms with Gasteiger partial charge in [0.2, 0.25) is 10.0 Å². The number of ketones is 1. The summed E-state index contributed by atoms with van der Waals surface area (Å²) >= 11 is 5.72. The Hall–Kier alpha value is -3.48. The summed E-state index contributed by atoms with van der Waals surface area (Å²) in [6.45, 7) is 0.935. The third-order valence-corrected chi connectivity index (χ3v) is 6.10. The van der Waals surface area contributed by atoms with E-state index in [0.29, 0.717) is 5.56 Å². The zero-order chi connectivity index (χ0) is 24.9. The van der Waals surface area contributed by atoms with Gasteiger partial charge in [-0.25, -0.2) is 17.9 Å². The Labute approximate surface area is 193 Å². The summed E-state index contributed by atoms with van der Waals surface area (Å²) in [5, 5.41) is 29.4. The summed E-state index contributed by atoms with van der Waals surface area (Å²) in [6.07, 6.45) is -0.564. The highest BCUT2D eigenvalue weighted by Gasteiger charge is 2.23. The first-order chi connectivity index (χ1) is 15.3. The Balaban J connectivity index is 2.11. The quantitative estimate of drug-likeness (QED) is 0.322. The lowest BCUT2D eigenvalue weighted by atomic mass is 10.1. The van der Waals surface area contributed by atoms with Crippen LogP contribution in [-0.2, 0) is 26.2 Å². The summed E-state index contributed by atoms with van der Waals surface area (Å²) in [5.74, 6) is -4.76. The van der Waals surface area contributed by atoms with Crippen LogP contribution in [0.25, 0.3) is 0 Å². The number of carboxylic acid groups (broad SMARTS) is 2. The Bertz CT molecular complexity index is 1210. The van der Waals surface area contributed by atoms with Gasteiger partial charge in [-0.3, -0.25) is 14.4 Å². The van der Waals surface area contributed by atoms with Gasteiger partial charge in [0.15, 0.2) is 5.78 Å². The first-order valence-corrected chi connectivity index (χ1v) is 11.1. The van der Waals surface area contributed by atoms with Gasteiger partial charge in [-0.05, 0) is 36.8 Å². The molecule has 11 nitrogen and oxygen atoms in total. The predicted octanol–water partition coefficient (Wildman–Crippen LogP) is 1.38. The number of benzene rings is 2. The Kier molecular flexibility index (Phi) is 8.14.